The monoisotopic (exact) mass is 340 g/mol. The van der Waals surface area contributed by atoms with Crippen molar-refractivity contribution in [2.45, 2.75) is 63.7 Å². The van der Waals surface area contributed by atoms with Crippen LogP contribution in [0.15, 0.2) is 34.9 Å². The fourth-order valence-electron chi connectivity index (χ4n) is 4.23. The Morgan fingerprint density at radius 2 is 2.12 bits per heavy atom. The van der Waals surface area contributed by atoms with Gasteiger partial charge >= 0.3 is 0 Å². The lowest BCUT2D eigenvalue weighted by atomic mass is 9.97. The van der Waals surface area contributed by atoms with E-state index >= 15 is 0 Å². The van der Waals surface area contributed by atoms with E-state index in [4.69, 9.17) is 4.52 Å². The Morgan fingerprint density at radius 3 is 2.88 bits per heavy atom. The number of hydrogen-bond acceptors (Lipinski definition) is 5. The zero-order valence-electron chi connectivity index (χ0n) is 14.5. The average molecular weight is 340 g/mol. The van der Waals surface area contributed by atoms with Gasteiger partial charge in [0.1, 0.15) is 0 Å². The molecule has 2 aliphatic rings. The third-order valence-electron chi connectivity index (χ3n) is 5.35. The Bertz CT molecular complexity index is 730. The number of amides is 1. The summed E-state index contributed by atoms with van der Waals surface area (Å²) in [4.78, 5) is 19.0. The number of hydrogen-bond donors (Lipinski definition) is 1. The zero-order chi connectivity index (χ0) is 17.2. The van der Waals surface area contributed by atoms with Crippen molar-refractivity contribution in [3.8, 4) is 0 Å². The van der Waals surface area contributed by atoms with E-state index in [-0.39, 0.29) is 18.0 Å². The van der Waals surface area contributed by atoms with Crippen molar-refractivity contribution in [3.05, 3.63) is 47.6 Å². The fraction of sp³-hybridized carbons (Fsp3) is 0.526. The number of nitrogens with one attached hydrogen (secondary N) is 1. The second-order valence-corrected chi connectivity index (χ2v) is 7.05. The van der Waals surface area contributed by atoms with Gasteiger partial charge in [-0.2, -0.15) is 4.98 Å². The van der Waals surface area contributed by atoms with Gasteiger partial charge in [-0.15, -0.1) is 0 Å². The molecule has 6 heteroatoms. The third kappa shape index (κ3) is 3.44. The van der Waals surface area contributed by atoms with E-state index in [9.17, 15) is 4.79 Å². The lowest BCUT2D eigenvalue weighted by Crippen LogP contribution is -2.46. The van der Waals surface area contributed by atoms with Crippen LogP contribution in [0.2, 0.25) is 0 Å². The normalized spacial score (nSPS) is 27.4. The maximum Gasteiger partial charge on any atom is 0.223 e. The highest BCUT2D eigenvalue weighted by Gasteiger charge is 2.43. The van der Waals surface area contributed by atoms with Gasteiger partial charge in [-0.3, -0.25) is 9.69 Å². The van der Waals surface area contributed by atoms with E-state index in [2.05, 4.69) is 44.6 Å². The van der Waals surface area contributed by atoms with E-state index in [1.165, 1.54) is 5.56 Å². The van der Waals surface area contributed by atoms with E-state index in [1.54, 1.807) is 0 Å². The molecule has 1 N–H and O–H groups in total. The third-order valence-corrected chi connectivity index (χ3v) is 5.35. The first kappa shape index (κ1) is 16.3. The molecule has 1 aromatic heterocycles. The summed E-state index contributed by atoms with van der Waals surface area (Å²) in [7, 11) is 0. The smallest absolute Gasteiger partial charge is 0.223 e. The van der Waals surface area contributed by atoms with E-state index < -0.39 is 0 Å². The predicted octanol–water partition coefficient (Wildman–Crippen LogP) is 2.75. The average Bonchev–Trinajstić information content (AvgIpc) is 3.15. The highest BCUT2D eigenvalue weighted by Crippen LogP contribution is 2.39. The first-order chi connectivity index (χ1) is 12.2. The van der Waals surface area contributed by atoms with Crippen molar-refractivity contribution in [1.29, 1.82) is 0 Å². The number of benzene rings is 1. The number of nitrogens with zero attached hydrogens (tertiary/aromatic N) is 3. The Hall–Kier alpha value is -2.21. The molecular formula is C19H24N4O2. The Kier molecular flexibility index (Phi) is 4.53. The van der Waals surface area contributed by atoms with Crippen LogP contribution in [0, 0.1) is 6.92 Å². The van der Waals surface area contributed by atoms with Gasteiger partial charge in [0.25, 0.3) is 0 Å². The maximum atomic E-state index is 12.1. The molecule has 1 aromatic carbocycles. The molecule has 0 unspecified atom stereocenters. The lowest BCUT2D eigenvalue weighted by Gasteiger charge is -2.32. The summed E-state index contributed by atoms with van der Waals surface area (Å²) >= 11 is 0. The van der Waals surface area contributed by atoms with Crippen molar-refractivity contribution in [2.24, 2.45) is 0 Å². The van der Waals surface area contributed by atoms with Crippen molar-refractivity contribution in [2.75, 3.05) is 0 Å². The van der Waals surface area contributed by atoms with Gasteiger partial charge in [0.15, 0.2) is 5.82 Å². The summed E-state index contributed by atoms with van der Waals surface area (Å²) in [5, 5.41) is 7.34. The van der Waals surface area contributed by atoms with Crippen LogP contribution in [0.4, 0.5) is 0 Å². The molecule has 3 heterocycles. The summed E-state index contributed by atoms with van der Waals surface area (Å²) in [6.07, 6.45) is 4.70. The Labute approximate surface area is 147 Å². The first-order valence-electron chi connectivity index (χ1n) is 9.10. The second-order valence-electron chi connectivity index (χ2n) is 7.05. The molecule has 2 aliphatic heterocycles. The van der Waals surface area contributed by atoms with Crippen LogP contribution < -0.4 is 5.32 Å². The van der Waals surface area contributed by atoms with Crippen molar-refractivity contribution in [3.63, 3.8) is 0 Å². The van der Waals surface area contributed by atoms with E-state index in [1.807, 2.05) is 13.0 Å². The number of likely N-dealkylation sites (tertiary alicyclic amines) is 1. The number of aromatic nitrogens is 2. The number of fused-ring (bicyclic) bond motifs is 1. The molecule has 4 rings (SSSR count). The summed E-state index contributed by atoms with van der Waals surface area (Å²) < 4.78 is 5.16. The van der Waals surface area contributed by atoms with E-state index in [0.717, 1.165) is 25.7 Å². The Balaban J connectivity index is 1.64. The molecule has 6 nitrogen and oxygen atoms in total. The second kappa shape index (κ2) is 6.96. The van der Waals surface area contributed by atoms with Gasteiger partial charge in [0, 0.05) is 31.5 Å². The number of carbonyl (C=O) groups excluding carboxylic acids is 1. The van der Waals surface area contributed by atoms with Gasteiger partial charge in [0.2, 0.25) is 11.8 Å². The Morgan fingerprint density at radius 1 is 1.28 bits per heavy atom. The molecule has 2 fully saturated rings. The van der Waals surface area contributed by atoms with Crippen molar-refractivity contribution >= 4 is 5.91 Å². The van der Waals surface area contributed by atoms with Gasteiger partial charge < -0.3 is 9.84 Å². The first-order valence-corrected chi connectivity index (χ1v) is 9.10. The standard InChI is InChI=1S/C19H24N4O2/c1-13-20-18(22-25-13)12-23-16-9-5-6-10-19(24)21-15(16)11-17(23)14-7-3-2-4-8-14/h2-4,7-8,15-17H,5-6,9-12H2,1H3,(H,21,24)/t15-,16+,17+/m1/s1. The highest BCUT2D eigenvalue weighted by molar-refractivity contribution is 5.76. The van der Waals surface area contributed by atoms with E-state index in [0.29, 0.717) is 30.7 Å². The van der Waals surface area contributed by atoms with Gasteiger partial charge in [-0.05, 0) is 24.8 Å². The molecule has 0 spiro atoms. The fourth-order valence-corrected chi connectivity index (χ4v) is 4.23. The summed E-state index contributed by atoms with van der Waals surface area (Å²) in [5.41, 5.74) is 1.28. The van der Waals surface area contributed by atoms with Crippen molar-refractivity contribution in [1.82, 2.24) is 20.4 Å². The number of carbonyl (C=O) groups is 1. The molecule has 2 aromatic rings. The molecule has 0 aliphatic carbocycles. The van der Waals surface area contributed by atoms with Crippen LogP contribution in [-0.2, 0) is 11.3 Å². The molecule has 0 radical (unpaired) electrons. The number of rotatable bonds is 3. The molecule has 1 amide bonds. The minimum atomic E-state index is 0.179. The van der Waals surface area contributed by atoms with Crippen LogP contribution in [-0.4, -0.2) is 33.0 Å². The largest absolute Gasteiger partial charge is 0.352 e. The topological polar surface area (TPSA) is 71.3 Å². The predicted molar refractivity (Wildman–Crippen MR) is 92.6 cm³/mol. The van der Waals surface area contributed by atoms with Gasteiger partial charge in [-0.25, -0.2) is 0 Å². The molecule has 0 saturated carbocycles. The molecule has 2 saturated heterocycles. The minimum absolute atomic E-state index is 0.179. The SMILES string of the molecule is Cc1nc(CN2[C@H](c3ccccc3)C[C@H]3NC(=O)CCCC[C@@H]32)no1. The summed E-state index contributed by atoms with van der Waals surface area (Å²) in [6.45, 7) is 2.46. The molecule has 25 heavy (non-hydrogen) atoms. The van der Waals surface area contributed by atoms with Crippen LogP contribution in [0.25, 0.3) is 0 Å². The molecule has 0 bridgehead atoms. The zero-order valence-corrected chi connectivity index (χ0v) is 14.5. The summed E-state index contributed by atoms with van der Waals surface area (Å²) in [6, 6.07) is 11.3. The minimum Gasteiger partial charge on any atom is -0.352 e. The van der Waals surface area contributed by atoms with Gasteiger partial charge in [0.05, 0.1) is 6.54 Å². The molecular weight excluding hydrogens is 316 g/mol. The lowest BCUT2D eigenvalue weighted by molar-refractivity contribution is -0.122. The van der Waals surface area contributed by atoms with Crippen LogP contribution >= 0.6 is 0 Å². The van der Waals surface area contributed by atoms with Gasteiger partial charge in [-0.1, -0.05) is 41.9 Å². The summed E-state index contributed by atoms with van der Waals surface area (Å²) in [5.74, 6) is 1.49. The maximum absolute atomic E-state index is 12.1. The van der Waals surface area contributed by atoms with Crippen LogP contribution in [0.5, 0.6) is 0 Å². The molecule has 3 atom stereocenters. The molecule has 132 valence electrons. The van der Waals surface area contributed by atoms with Crippen LogP contribution in [0.1, 0.15) is 55.4 Å². The quantitative estimate of drug-likeness (QED) is 0.930. The highest BCUT2D eigenvalue weighted by atomic mass is 16.5. The number of aryl methyl sites for hydroxylation is 1. The van der Waals surface area contributed by atoms with Crippen LogP contribution in [0.3, 0.4) is 0 Å². The van der Waals surface area contributed by atoms with Crippen molar-refractivity contribution < 1.29 is 9.32 Å².